The van der Waals surface area contributed by atoms with Gasteiger partial charge in [-0.05, 0) is 35.6 Å². The third-order valence-corrected chi connectivity index (χ3v) is 8.84. The Morgan fingerprint density at radius 1 is 1.17 bits per heavy atom. The number of nitrogens with zero attached hydrogens (tertiary/aromatic N) is 2. The number of nitrogens with one attached hydrogen (secondary N) is 1. The van der Waals surface area contributed by atoms with Gasteiger partial charge in [-0.15, -0.1) is 11.3 Å². The van der Waals surface area contributed by atoms with Gasteiger partial charge in [-0.25, -0.2) is 13.1 Å². The Morgan fingerprint density at radius 3 is 2.57 bits per heavy atom. The highest BCUT2D eigenvalue weighted by molar-refractivity contribution is 7.92. The molecule has 1 aliphatic rings. The van der Waals surface area contributed by atoms with E-state index < -0.39 is 28.5 Å². The van der Waals surface area contributed by atoms with Crippen LogP contribution in [0.15, 0.2) is 75.2 Å². The van der Waals surface area contributed by atoms with Crippen LogP contribution in [-0.4, -0.2) is 38.5 Å². The lowest BCUT2D eigenvalue weighted by Gasteiger charge is -2.26. The SMILES string of the molecule is CC[C@H](C)C1N=C(c2ccccc2)c2cc(Cl)ccc2N(CC(=O)NS(=O)(=O)c2cccs2)C1=O. The Balaban J connectivity index is 1.78. The molecule has 2 heterocycles. The molecule has 1 aliphatic heterocycles. The van der Waals surface area contributed by atoms with Crippen molar-refractivity contribution in [3.05, 3.63) is 82.2 Å². The molecular weight excluding hydrogens is 506 g/mol. The summed E-state index contributed by atoms with van der Waals surface area (Å²) in [7, 11) is -4.03. The summed E-state index contributed by atoms with van der Waals surface area (Å²) in [6.45, 7) is 3.41. The number of aliphatic imine (C=N–C) groups is 1. The van der Waals surface area contributed by atoms with Gasteiger partial charge >= 0.3 is 0 Å². The van der Waals surface area contributed by atoms with Crippen molar-refractivity contribution in [3.8, 4) is 0 Å². The third kappa shape index (κ3) is 5.32. The minimum atomic E-state index is -4.03. The standard InChI is InChI=1S/C25H24ClN3O4S2/c1-3-16(2)23-25(31)29(15-21(30)28-35(32,33)22-10-7-13-34-22)20-12-11-18(26)14-19(20)24(27-23)17-8-5-4-6-9-17/h4-14,16,23H,3,15H2,1-2H3,(H,28,30)/t16-,23?/m0/s1. The number of halogens is 1. The van der Waals surface area contributed by atoms with Crippen molar-refractivity contribution in [2.75, 3.05) is 11.4 Å². The molecule has 0 fully saturated rings. The highest BCUT2D eigenvalue weighted by Gasteiger charge is 2.36. The Labute approximate surface area is 213 Å². The van der Waals surface area contributed by atoms with Gasteiger partial charge in [0.1, 0.15) is 16.8 Å². The number of carbonyl (C=O) groups excluding carboxylic acids is 2. The van der Waals surface area contributed by atoms with Crippen LogP contribution in [0.4, 0.5) is 5.69 Å². The van der Waals surface area contributed by atoms with Gasteiger partial charge in [0.2, 0.25) is 0 Å². The molecule has 0 bridgehead atoms. The van der Waals surface area contributed by atoms with E-state index in [2.05, 4.69) is 4.72 Å². The quantitative estimate of drug-likeness (QED) is 0.487. The summed E-state index contributed by atoms with van der Waals surface area (Å²) in [5.41, 5.74) is 2.44. The van der Waals surface area contributed by atoms with Crippen LogP contribution in [0.5, 0.6) is 0 Å². The van der Waals surface area contributed by atoms with Crippen LogP contribution in [-0.2, 0) is 19.6 Å². The fourth-order valence-electron chi connectivity index (χ4n) is 3.85. The van der Waals surface area contributed by atoms with E-state index in [1.165, 1.54) is 11.0 Å². The topological polar surface area (TPSA) is 95.9 Å². The average molecular weight is 530 g/mol. The lowest BCUT2D eigenvalue weighted by molar-refractivity contribution is -0.124. The van der Waals surface area contributed by atoms with Crippen LogP contribution >= 0.6 is 22.9 Å². The molecule has 1 aromatic heterocycles. The summed E-state index contributed by atoms with van der Waals surface area (Å²) < 4.78 is 27.2. The van der Waals surface area contributed by atoms with E-state index in [9.17, 15) is 18.0 Å². The fraction of sp³-hybridized carbons (Fsp3) is 0.240. The highest BCUT2D eigenvalue weighted by Crippen LogP contribution is 2.33. The molecule has 0 aliphatic carbocycles. The molecule has 7 nitrogen and oxygen atoms in total. The number of anilines is 1. The van der Waals surface area contributed by atoms with Crippen LogP contribution in [0.25, 0.3) is 0 Å². The van der Waals surface area contributed by atoms with Gasteiger partial charge in [0.15, 0.2) is 0 Å². The van der Waals surface area contributed by atoms with Gasteiger partial charge in [0.25, 0.3) is 21.8 Å². The molecule has 4 rings (SSSR count). The first-order valence-electron chi connectivity index (χ1n) is 11.0. The van der Waals surface area contributed by atoms with Gasteiger partial charge < -0.3 is 4.90 Å². The van der Waals surface area contributed by atoms with Gasteiger partial charge in [-0.2, -0.15) is 0 Å². The molecule has 2 atom stereocenters. The largest absolute Gasteiger partial charge is 0.300 e. The molecule has 2 aromatic carbocycles. The van der Waals surface area contributed by atoms with Crippen LogP contribution in [0.3, 0.4) is 0 Å². The Morgan fingerprint density at radius 2 is 1.91 bits per heavy atom. The fourth-order valence-corrected chi connectivity index (χ4v) is 5.99. The zero-order chi connectivity index (χ0) is 25.2. The first-order valence-corrected chi connectivity index (χ1v) is 13.8. The number of thiophene rings is 1. The van der Waals surface area contributed by atoms with Crippen molar-refractivity contribution in [2.45, 2.75) is 30.5 Å². The van der Waals surface area contributed by atoms with Gasteiger partial charge in [0, 0.05) is 16.1 Å². The molecule has 35 heavy (non-hydrogen) atoms. The van der Waals surface area contributed by atoms with Gasteiger partial charge in [0.05, 0.1) is 11.4 Å². The van der Waals surface area contributed by atoms with Crippen LogP contribution in [0, 0.1) is 5.92 Å². The predicted molar refractivity (Wildman–Crippen MR) is 139 cm³/mol. The Bertz CT molecular complexity index is 1370. The number of rotatable bonds is 7. The molecule has 0 saturated heterocycles. The Hall–Kier alpha value is -3.01. The van der Waals surface area contributed by atoms with E-state index >= 15 is 0 Å². The molecule has 10 heteroatoms. The normalized spacial score (nSPS) is 16.8. The van der Waals surface area contributed by atoms with E-state index in [0.717, 1.165) is 16.9 Å². The number of fused-ring (bicyclic) bond motifs is 1. The molecule has 0 saturated carbocycles. The maximum Gasteiger partial charge on any atom is 0.273 e. The van der Waals surface area contributed by atoms with Crippen LogP contribution in [0.2, 0.25) is 5.02 Å². The molecule has 1 unspecified atom stereocenters. The van der Waals surface area contributed by atoms with E-state index in [0.29, 0.717) is 28.4 Å². The lowest BCUT2D eigenvalue weighted by atomic mass is 9.98. The summed E-state index contributed by atoms with van der Waals surface area (Å²) in [5, 5.41) is 2.06. The van der Waals surface area contributed by atoms with Crippen molar-refractivity contribution >= 4 is 56.2 Å². The van der Waals surface area contributed by atoms with E-state index in [-0.39, 0.29) is 16.0 Å². The summed E-state index contributed by atoms with van der Waals surface area (Å²) in [6.07, 6.45) is 0.686. The van der Waals surface area contributed by atoms with Gasteiger partial charge in [-0.1, -0.05) is 68.3 Å². The van der Waals surface area contributed by atoms with Crippen LogP contribution < -0.4 is 9.62 Å². The first kappa shape index (κ1) is 25.1. The van der Waals surface area contributed by atoms with Crippen molar-refractivity contribution in [1.82, 2.24) is 4.72 Å². The molecule has 2 amide bonds. The molecule has 182 valence electrons. The molecule has 3 aromatic rings. The summed E-state index contributed by atoms with van der Waals surface area (Å²) in [6, 6.07) is 16.7. The zero-order valence-electron chi connectivity index (χ0n) is 19.1. The zero-order valence-corrected chi connectivity index (χ0v) is 21.5. The number of amides is 2. The smallest absolute Gasteiger partial charge is 0.273 e. The monoisotopic (exact) mass is 529 g/mol. The number of benzodiazepines with no additional fused rings is 1. The molecular formula is C25H24ClN3O4S2. The molecule has 0 spiro atoms. The molecule has 0 radical (unpaired) electrons. The van der Waals surface area contributed by atoms with E-state index in [1.807, 2.05) is 44.2 Å². The van der Waals surface area contributed by atoms with E-state index in [4.69, 9.17) is 16.6 Å². The van der Waals surface area contributed by atoms with Crippen molar-refractivity contribution in [2.24, 2.45) is 10.9 Å². The second kappa shape index (κ2) is 10.3. The summed E-state index contributed by atoms with van der Waals surface area (Å²) >= 11 is 7.33. The maximum atomic E-state index is 13.8. The number of hydrogen-bond acceptors (Lipinski definition) is 6. The highest BCUT2D eigenvalue weighted by atomic mass is 35.5. The van der Waals surface area contributed by atoms with Crippen LogP contribution in [0.1, 0.15) is 31.4 Å². The van der Waals surface area contributed by atoms with Gasteiger partial charge in [-0.3, -0.25) is 14.6 Å². The summed E-state index contributed by atoms with van der Waals surface area (Å²) in [4.78, 5) is 32.8. The second-order valence-corrected chi connectivity index (χ2v) is 11.5. The predicted octanol–water partition coefficient (Wildman–Crippen LogP) is 4.51. The second-order valence-electron chi connectivity index (χ2n) is 8.22. The minimum Gasteiger partial charge on any atom is -0.300 e. The molecule has 1 N–H and O–H groups in total. The maximum absolute atomic E-state index is 13.8. The minimum absolute atomic E-state index is 0.0207. The van der Waals surface area contributed by atoms with Crippen molar-refractivity contribution in [1.29, 1.82) is 0 Å². The first-order chi connectivity index (χ1) is 16.7. The number of benzene rings is 2. The summed E-state index contributed by atoms with van der Waals surface area (Å²) in [5.74, 6) is -1.32. The number of hydrogen-bond donors (Lipinski definition) is 1. The number of sulfonamides is 1. The third-order valence-electron chi connectivity index (χ3n) is 5.83. The Kier molecular flexibility index (Phi) is 7.39. The van der Waals surface area contributed by atoms with E-state index in [1.54, 1.807) is 29.6 Å². The van der Waals surface area contributed by atoms with Crippen molar-refractivity contribution in [3.63, 3.8) is 0 Å². The number of carbonyl (C=O) groups is 2. The average Bonchev–Trinajstić information content (AvgIpc) is 3.36. The lowest BCUT2D eigenvalue weighted by Crippen LogP contribution is -2.47. The van der Waals surface area contributed by atoms with Crippen molar-refractivity contribution < 1.29 is 18.0 Å².